The number of carboxylic acid groups (broad SMARTS) is 1. The summed E-state index contributed by atoms with van der Waals surface area (Å²) in [7, 11) is 0. The highest BCUT2D eigenvalue weighted by atomic mass is 16.5. The number of nitrogens with zero attached hydrogens (tertiary/aromatic N) is 2. The normalized spacial score (nSPS) is 15.1. The molecular weight excluding hydrogens is 280 g/mol. The summed E-state index contributed by atoms with van der Waals surface area (Å²) < 4.78 is 4.74. The number of aliphatic hydroxyl groups excluding tert-OH is 1. The van der Waals surface area contributed by atoms with Crippen LogP contribution in [-0.4, -0.2) is 65.4 Å². The minimum absolute atomic E-state index is 0.00863. The molecule has 116 valence electrons. The number of aliphatic carboxylic acids is 1. The fraction of sp³-hybridized carbons (Fsp3) is 0.538. The summed E-state index contributed by atoms with van der Waals surface area (Å²) in [6.07, 6.45) is 1.55. The Morgan fingerprint density at radius 3 is 2.81 bits per heavy atom. The van der Waals surface area contributed by atoms with Gasteiger partial charge in [0.05, 0.1) is 18.7 Å². The average Bonchev–Trinajstić information content (AvgIpc) is 2.65. The van der Waals surface area contributed by atoms with Crippen molar-refractivity contribution in [3.05, 3.63) is 11.3 Å². The van der Waals surface area contributed by atoms with E-state index in [4.69, 9.17) is 9.84 Å². The Labute approximate surface area is 121 Å². The predicted molar refractivity (Wildman–Crippen MR) is 73.1 cm³/mol. The van der Waals surface area contributed by atoms with E-state index in [1.165, 1.54) is 6.21 Å². The number of ether oxygens (including phenoxy) is 1. The molecule has 0 aromatic heterocycles. The maximum Gasteiger partial charge on any atom is 0.325 e. The molecule has 0 spiro atoms. The van der Waals surface area contributed by atoms with E-state index >= 15 is 0 Å². The second-order valence-electron chi connectivity index (χ2n) is 4.36. The summed E-state index contributed by atoms with van der Waals surface area (Å²) in [5, 5.41) is 18.2. The van der Waals surface area contributed by atoms with E-state index in [0.29, 0.717) is 6.42 Å². The number of hydrogen-bond acceptors (Lipinski definition) is 6. The molecule has 8 heteroatoms. The van der Waals surface area contributed by atoms with Gasteiger partial charge in [-0.15, -0.1) is 0 Å². The molecule has 0 aromatic carbocycles. The van der Waals surface area contributed by atoms with Crippen molar-refractivity contribution in [1.29, 1.82) is 0 Å². The Balaban J connectivity index is 2.50. The van der Waals surface area contributed by atoms with E-state index in [0.717, 1.165) is 4.90 Å². The quantitative estimate of drug-likeness (QED) is 0.374. The van der Waals surface area contributed by atoms with Crippen LogP contribution in [0.5, 0.6) is 0 Å². The number of hydrogen-bond donors (Lipinski definition) is 2. The van der Waals surface area contributed by atoms with Crippen LogP contribution in [0.2, 0.25) is 0 Å². The molecule has 1 aliphatic heterocycles. The number of esters is 1. The highest BCUT2D eigenvalue weighted by Crippen LogP contribution is 2.15. The second kappa shape index (κ2) is 8.03. The van der Waals surface area contributed by atoms with E-state index in [2.05, 4.69) is 4.99 Å². The molecule has 2 N–H and O–H groups in total. The van der Waals surface area contributed by atoms with Gasteiger partial charge < -0.3 is 19.8 Å². The predicted octanol–water partition coefficient (Wildman–Crippen LogP) is 0.139. The van der Waals surface area contributed by atoms with Gasteiger partial charge in [0.25, 0.3) is 5.91 Å². The van der Waals surface area contributed by atoms with Crippen molar-refractivity contribution in [3.63, 3.8) is 0 Å². The number of carbonyl (C=O) groups is 3. The van der Waals surface area contributed by atoms with E-state index in [9.17, 15) is 19.5 Å². The van der Waals surface area contributed by atoms with Gasteiger partial charge in [0, 0.05) is 19.2 Å². The fourth-order valence-corrected chi connectivity index (χ4v) is 1.73. The molecule has 8 nitrogen and oxygen atoms in total. The second-order valence-corrected chi connectivity index (χ2v) is 4.36. The van der Waals surface area contributed by atoms with E-state index < -0.39 is 17.8 Å². The lowest BCUT2D eigenvalue weighted by molar-refractivity contribution is -0.147. The van der Waals surface area contributed by atoms with Crippen LogP contribution in [0.25, 0.3) is 0 Å². The van der Waals surface area contributed by atoms with Gasteiger partial charge in [-0.05, 0) is 13.3 Å². The Hall–Kier alpha value is -2.38. The minimum Gasteiger partial charge on any atom is -0.510 e. The number of rotatable bonds is 8. The summed E-state index contributed by atoms with van der Waals surface area (Å²) in [5.74, 6) is -2.11. The third-order valence-corrected chi connectivity index (χ3v) is 2.69. The molecule has 0 aromatic rings. The van der Waals surface area contributed by atoms with Crippen molar-refractivity contribution < 1.29 is 29.3 Å². The van der Waals surface area contributed by atoms with Crippen molar-refractivity contribution in [1.82, 2.24) is 4.90 Å². The Morgan fingerprint density at radius 1 is 1.48 bits per heavy atom. The van der Waals surface area contributed by atoms with Gasteiger partial charge >= 0.3 is 11.9 Å². The maximum absolute atomic E-state index is 11.9. The summed E-state index contributed by atoms with van der Waals surface area (Å²) in [6, 6.07) is 0. The van der Waals surface area contributed by atoms with Crippen LogP contribution in [0.4, 0.5) is 0 Å². The molecule has 0 saturated carbocycles. The number of aliphatic imine (C=N–C) groups is 1. The van der Waals surface area contributed by atoms with Gasteiger partial charge in [0.1, 0.15) is 12.3 Å². The zero-order valence-corrected chi connectivity index (χ0v) is 11.7. The van der Waals surface area contributed by atoms with Crippen LogP contribution in [0.15, 0.2) is 16.3 Å². The smallest absolute Gasteiger partial charge is 0.325 e. The van der Waals surface area contributed by atoms with Crippen LogP contribution in [-0.2, 0) is 19.1 Å². The Bertz CT molecular complexity index is 483. The van der Waals surface area contributed by atoms with Crippen molar-refractivity contribution in [2.45, 2.75) is 19.8 Å². The summed E-state index contributed by atoms with van der Waals surface area (Å²) in [5.41, 5.74) is 0.0228. The van der Waals surface area contributed by atoms with Crippen molar-refractivity contribution in [3.8, 4) is 0 Å². The summed E-state index contributed by atoms with van der Waals surface area (Å²) in [6.45, 7) is 1.84. The molecule has 0 aliphatic carbocycles. The zero-order chi connectivity index (χ0) is 15.8. The number of carbonyl (C=O) groups excluding carboxylic acids is 2. The lowest BCUT2D eigenvalue weighted by atomic mass is 10.2. The first-order valence-electron chi connectivity index (χ1n) is 6.54. The Morgan fingerprint density at radius 2 is 2.19 bits per heavy atom. The van der Waals surface area contributed by atoms with Gasteiger partial charge in [0.15, 0.2) is 0 Å². The zero-order valence-electron chi connectivity index (χ0n) is 11.7. The van der Waals surface area contributed by atoms with Crippen molar-refractivity contribution in [2.24, 2.45) is 4.99 Å². The standard InChI is InChI=1S/C13H18N2O6/c1-2-21-12(19)8-15-7-10(16)9(13(15)20)6-14-5-3-4-11(17)18/h6,16H,2-5,7-8H2,1H3,(H,17,18). The topological polar surface area (TPSA) is 116 Å². The van der Waals surface area contributed by atoms with Crippen molar-refractivity contribution >= 4 is 24.1 Å². The molecule has 0 fully saturated rings. The van der Waals surface area contributed by atoms with Gasteiger partial charge in [0.2, 0.25) is 0 Å². The highest BCUT2D eigenvalue weighted by Gasteiger charge is 2.30. The lowest BCUT2D eigenvalue weighted by Crippen LogP contribution is -2.33. The molecule has 1 amide bonds. The number of amides is 1. The Kier molecular flexibility index (Phi) is 6.38. The molecule has 21 heavy (non-hydrogen) atoms. The third kappa shape index (κ3) is 5.25. The molecule has 0 atom stereocenters. The van der Waals surface area contributed by atoms with Gasteiger partial charge in [-0.2, -0.15) is 0 Å². The molecular formula is C13H18N2O6. The van der Waals surface area contributed by atoms with E-state index in [1.54, 1.807) is 6.92 Å². The first-order valence-corrected chi connectivity index (χ1v) is 6.54. The molecule has 0 unspecified atom stereocenters. The number of carboxylic acids is 1. The molecule has 0 radical (unpaired) electrons. The van der Waals surface area contributed by atoms with Gasteiger partial charge in [-0.1, -0.05) is 0 Å². The monoisotopic (exact) mass is 298 g/mol. The van der Waals surface area contributed by atoms with Crippen LogP contribution < -0.4 is 0 Å². The van der Waals surface area contributed by atoms with Crippen LogP contribution >= 0.6 is 0 Å². The SMILES string of the molecule is CCOC(=O)CN1CC(O)=C(C=NCCCC(=O)O)C1=O. The minimum atomic E-state index is -0.912. The average molecular weight is 298 g/mol. The van der Waals surface area contributed by atoms with Crippen LogP contribution in [0.1, 0.15) is 19.8 Å². The van der Waals surface area contributed by atoms with Crippen LogP contribution in [0, 0.1) is 0 Å². The summed E-state index contributed by atoms with van der Waals surface area (Å²) >= 11 is 0. The largest absolute Gasteiger partial charge is 0.510 e. The molecule has 0 bridgehead atoms. The van der Waals surface area contributed by atoms with Gasteiger partial charge in [-0.25, -0.2) is 0 Å². The summed E-state index contributed by atoms with van der Waals surface area (Å²) in [4.78, 5) is 38.6. The molecule has 1 rings (SSSR count). The van der Waals surface area contributed by atoms with E-state index in [1.807, 2.05) is 0 Å². The lowest BCUT2D eigenvalue weighted by Gasteiger charge is -2.14. The molecule has 1 heterocycles. The molecule has 1 aliphatic rings. The number of aliphatic hydroxyl groups is 1. The first-order chi connectivity index (χ1) is 9.95. The third-order valence-electron chi connectivity index (χ3n) is 2.69. The first kappa shape index (κ1) is 16.7. The molecule has 0 saturated heterocycles. The highest BCUT2D eigenvalue weighted by molar-refractivity contribution is 6.14. The maximum atomic E-state index is 11.9. The van der Waals surface area contributed by atoms with Crippen molar-refractivity contribution in [2.75, 3.05) is 26.2 Å². The van der Waals surface area contributed by atoms with E-state index in [-0.39, 0.29) is 44.0 Å². The fourth-order valence-electron chi connectivity index (χ4n) is 1.73. The van der Waals surface area contributed by atoms with Gasteiger partial charge in [-0.3, -0.25) is 19.4 Å². The van der Waals surface area contributed by atoms with Crippen LogP contribution in [0.3, 0.4) is 0 Å².